The largest absolute Gasteiger partial charge is 0.508 e. The number of aliphatic hydroxyl groups excluding tert-OH is 1. The van der Waals surface area contributed by atoms with Gasteiger partial charge in [0, 0.05) is 6.42 Å². The number of amides is 3. The molecule has 0 saturated carbocycles. The molecule has 37 heavy (non-hydrogen) atoms. The van der Waals surface area contributed by atoms with E-state index in [1.807, 2.05) is 5.32 Å². The summed E-state index contributed by atoms with van der Waals surface area (Å²) in [5.74, 6) is -7.60. The molecule has 5 unspecified atom stereocenters. The van der Waals surface area contributed by atoms with Gasteiger partial charge in [0.1, 0.15) is 23.9 Å². The second kappa shape index (κ2) is 14.4. The van der Waals surface area contributed by atoms with Gasteiger partial charge in [-0.25, -0.2) is 4.79 Å². The lowest BCUT2D eigenvalue weighted by molar-refractivity contribution is -0.148. The summed E-state index contributed by atoms with van der Waals surface area (Å²) >= 11 is 0. The second-order valence-electron chi connectivity index (χ2n) is 8.19. The number of aliphatic carboxylic acids is 3. The molecule has 15 nitrogen and oxygen atoms in total. The van der Waals surface area contributed by atoms with Crippen LogP contribution in [0.15, 0.2) is 24.3 Å². The van der Waals surface area contributed by atoms with Gasteiger partial charge in [-0.05, 0) is 37.5 Å². The molecule has 0 radical (unpaired) electrons. The molecule has 0 fully saturated rings. The number of aromatic hydroxyl groups is 1. The van der Waals surface area contributed by atoms with Gasteiger partial charge in [0.2, 0.25) is 17.7 Å². The fourth-order valence-electron chi connectivity index (χ4n) is 3.09. The Morgan fingerprint density at radius 2 is 1.41 bits per heavy atom. The minimum atomic E-state index is -1.86. The Labute approximate surface area is 210 Å². The summed E-state index contributed by atoms with van der Waals surface area (Å²) in [5, 5.41) is 52.5. The monoisotopic (exact) mass is 526 g/mol. The molecule has 0 bridgehead atoms. The number of phenolic OH excluding ortho intramolecular Hbond substituents is 1. The maximum Gasteiger partial charge on any atom is 0.326 e. The molecule has 204 valence electrons. The number of aliphatic hydroxyl groups is 1. The smallest absolute Gasteiger partial charge is 0.326 e. The number of benzene rings is 1. The van der Waals surface area contributed by atoms with Gasteiger partial charge in [-0.1, -0.05) is 12.1 Å². The van der Waals surface area contributed by atoms with Crippen molar-refractivity contribution < 1.29 is 54.3 Å². The van der Waals surface area contributed by atoms with Gasteiger partial charge in [0.25, 0.3) is 0 Å². The van der Waals surface area contributed by atoms with E-state index in [0.717, 1.165) is 6.92 Å². The van der Waals surface area contributed by atoms with Crippen LogP contribution in [0.1, 0.15) is 31.7 Å². The zero-order valence-electron chi connectivity index (χ0n) is 19.8. The first-order valence-corrected chi connectivity index (χ1v) is 11.0. The zero-order valence-corrected chi connectivity index (χ0v) is 19.8. The first-order chi connectivity index (χ1) is 17.2. The van der Waals surface area contributed by atoms with Crippen LogP contribution in [-0.2, 0) is 35.2 Å². The van der Waals surface area contributed by atoms with E-state index in [4.69, 9.17) is 21.1 Å². The van der Waals surface area contributed by atoms with Gasteiger partial charge in [0.15, 0.2) is 0 Å². The molecule has 1 rings (SSSR count). The van der Waals surface area contributed by atoms with Gasteiger partial charge >= 0.3 is 17.9 Å². The number of hydrogen-bond acceptors (Lipinski definition) is 9. The van der Waals surface area contributed by atoms with E-state index in [1.54, 1.807) is 0 Å². The highest BCUT2D eigenvalue weighted by Gasteiger charge is 2.33. The lowest BCUT2D eigenvalue weighted by Gasteiger charge is -2.26. The fraction of sp³-hybridized carbons (Fsp3) is 0.455. The average Bonchev–Trinajstić information content (AvgIpc) is 2.79. The summed E-state index contributed by atoms with van der Waals surface area (Å²) in [5.41, 5.74) is 6.47. The number of nitrogens with two attached hydrogens (primary N) is 1. The Morgan fingerprint density at radius 1 is 0.838 bits per heavy atom. The van der Waals surface area contributed by atoms with Crippen molar-refractivity contribution in [2.45, 2.75) is 62.9 Å². The Balaban J connectivity index is 2.97. The van der Waals surface area contributed by atoms with Crippen molar-refractivity contribution in [2.75, 3.05) is 0 Å². The molecular formula is C22H30N4O11. The molecule has 3 amide bonds. The number of carbonyl (C=O) groups excluding carboxylic acids is 3. The van der Waals surface area contributed by atoms with Crippen LogP contribution in [0.4, 0.5) is 0 Å². The molecule has 1 aromatic carbocycles. The summed E-state index contributed by atoms with van der Waals surface area (Å²) in [6.07, 6.45) is -3.52. The molecule has 0 spiro atoms. The quantitative estimate of drug-likeness (QED) is 0.115. The number of nitrogens with one attached hydrogen (secondary N) is 3. The highest BCUT2D eigenvalue weighted by atomic mass is 16.4. The maximum absolute atomic E-state index is 12.8. The van der Waals surface area contributed by atoms with Crippen LogP contribution in [0.3, 0.4) is 0 Å². The highest BCUT2D eigenvalue weighted by Crippen LogP contribution is 2.11. The second-order valence-corrected chi connectivity index (χ2v) is 8.19. The van der Waals surface area contributed by atoms with Crippen molar-refractivity contribution >= 4 is 35.6 Å². The molecule has 0 aliphatic heterocycles. The number of rotatable bonds is 15. The summed E-state index contributed by atoms with van der Waals surface area (Å²) < 4.78 is 0. The SMILES string of the molecule is CC(O)C(NC(=O)C(CCC(=O)O)NC(=O)C(N)Cc1ccc(O)cc1)C(=O)NC(CC(=O)O)C(=O)O. The minimum absolute atomic E-state index is 0.00140. The standard InChI is InChI=1S/C22H30N4O11/c1-10(27)18(21(35)25-15(22(36)37)9-17(31)32)26-20(34)14(6-7-16(29)30)24-19(33)13(23)8-11-2-4-12(28)5-3-11/h2-5,10,13-15,18,27-28H,6-9,23H2,1H3,(H,24,33)(H,25,35)(H,26,34)(H,29,30)(H,31,32)(H,36,37). The molecule has 10 N–H and O–H groups in total. The number of phenols is 1. The van der Waals surface area contributed by atoms with Crippen molar-refractivity contribution in [3.05, 3.63) is 29.8 Å². The van der Waals surface area contributed by atoms with Crippen LogP contribution < -0.4 is 21.7 Å². The van der Waals surface area contributed by atoms with Crippen LogP contribution in [-0.4, -0.2) is 91.4 Å². The zero-order chi connectivity index (χ0) is 28.3. The van der Waals surface area contributed by atoms with Gasteiger partial charge < -0.3 is 47.2 Å². The third-order valence-corrected chi connectivity index (χ3v) is 5.06. The van der Waals surface area contributed by atoms with Crippen molar-refractivity contribution in [1.82, 2.24) is 16.0 Å². The van der Waals surface area contributed by atoms with Crippen molar-refractivity contribution in [3.8, 4) is 5.75 Å². The molecular weight excluding hydrogens is 496 g/mol. The lowest BCUT2D eigenvalue weighted by atomic mass is 10.0. The molecule has 0 aromatic heterocycles. The van der Waals surface area contributed by atoms with Gasteiger partial charge in [-0.15, -0.1) is 0 Å². The summed E-state index contributed by atoms with van der Waals surface area (Å²) in [6, 6.07) is -0.479. The van der Waals surface area contributed by atoms with Gasteiger partial charge in [-0.3, -0.25) is 24.0 Å². The maximum atomic E-state index is 12.8. The van der Waals surface area contributed by atoms with E-state index < -0.39 is 85.2 Å². The molecule has 0 aliphatic carbocycles. The normalized spacial score (nSPS) is 14.8. The molecule has 1 aromatic rings. The fourth-order valence-corrected chi connectivity index (χ4v) is 3.09. The van der Waals surface area contributed by atoms with E-state index >= 15 is 0 Å². The first-order valence-electron chi connectivity index (χ1n) is 11.0. The third kappa shape index (κ3) is 10.9. The van der Waals surface area contributed by atoms with Crippen LogP contribution in [0.5, 0.6) is 5.75 Å². The third-order valence-electron chi connectivity index (χ3n) is 5.06. The summed E-state index contributed by atoms with van der Waals surface area (Å²) in [7, 11) is 0. The predicted molar refractivity (Wildman–Crippen MR) is 124 cm³/mol. The van der Waals surface area contributed by atoms with E-state index in [-0.39, 0.29) is 12.2 Å². The Morgan fingerprint density at radius 3 is 1.89 bits per heavy atom. The number of carboxylic acid groups (broad SMARTS) is 3. The van der Waals surface area contributed by atoms with Crippen LogP contribution in [0, 0.1) is 0 Å². The van der Waals surface area contributed by atoms with Crippen LogP contribution >= 0.6 is 0 Å². The lowest BCUT2D eigenvalue weighted by Crippen LogP contribution is -2.60. The number of carboxylic acids is 3. The average molecular weight is 526 g/mol. The topological polar surface area (TPSA) is 266 Å². The van der Waals surface area contributed by atoms with Crippen LogP contribution in [0.2, 0.25) is 0 Å². The van der Waals surface area contributed by atoms with E-state index in [9.17, 15) is 39.0 Å². The van der Waals surface area contributed by atoms with Crippen molar-refractivity contribution in [3.63, 3.8) is 0 Å². The predicted octanol–water partition coefficient (Wildman–Crippen LogP) is -2.48. The molecule has 15 heteroatoms. The molecule has 5 atom stereocenters. The van der Waals surface area contributed by atoms with Gasteiger partial charge in [0.05, 0.1) is 18.6 Å². The first kappa shape index (κ1) is 30.8. The number of hydrogen-bond donors (Lipinski definition) is 9. The molecule has 0 saturated heterocycles. The minimum Gasteiger partial charge on any atom is -0.508 e. The number of carbonyl (C=O) groups is 6. The Bertz CT molecular complexity index is 997. The van der Waals surface area contributed by atoms with Crippen LogP contribution in [0.25, 0.3) is 0 Å². The molecule has 0 heterocycles. The summed E-state index contributed by atoms with van der Waals surface area (Å²) in [6.45, 7) is 1.09. The Hall–Kier alpha value is -4.24. The van der Waals surface area contributed by atoms with E-state index in [1.165, 1.54) is 24.3 Å². The van der Waals surface area contributed by atoms with Crippen molar-refractivity contribution in [2.24, 2.45) is 5.73 Å². The Kier molecular flexibility index (Phi) is 11.9. The molecule has 0 aliphatic rings. The van der Waals surface area contributed by atoms with E-state index in [0.29, 0.717) is 5.56 Å². The van der Waals surface area contributed by atoms with Gasteiger partial charge in [-0.2, -0.15) is 0 Å². The van der Waals surface area contributed by atoms with E-state index in [2.05, 4.69) is 10.6 Å². The highest BCUT2D eigenvalue weighted by molar-refractivity contribution is 5.95. The van der Waals surface area contributed by atoms with Crippen molar-refractivity contribution in [1.29, 1.82) is 0 Å². The summed E-state index contributed by atoms with van der Waals surface area (Å²) in [4.78, 5) is 71.0.